The predicted molar refractivity (Wildman–Crippen MR) is 69.1 cm³/mol. The number of carbonyl (C=O) groups excluding carboxylic acids is 1. The average molecular weight is 322 g/mol. The molecule has 9 heteroatoms. The van der Waals surface area contributed by atoms with Gasteiger partial charge in [-0.1, -0.05) is 17.4 Å². The maximum absolute atomic E-state index is 12.6. The van der Waals surface area contributed by atoms with Crippen LogP contribution >= 0.6 is 22.9 Å². The van der Waals surface area contributed by atoms with E-state index in [-0.39, 0.29) is 15.2 Å². The zero-order valence-electron chi connectivity index (χ0n) is 9.95. The lowest BCUT2D eigenvalue weighted by Gasteiger charge is -2.11. The van der Waals surface area contributed by atoms with Crippen molar-refractivity contribution in [3.63, 3.8) is 0 Å². The van der Waals surface area contributed by atoms with Gasteiger partial charge in [-0.3, -0.25) is 4.79 Å². The standard InChI is InChI=1S/C11H7ClF3N3OS/c1-5-2-3-6(11(13,14)15)4-7(5)16-8(19)9-17-18-10(12)20-9/h2-4H,1H3,(H,16,19). The van der Waals surface area contributed by atoms with Crippen LogP contribution in [0.15, 0.2) is 18.2 Å². The summed E-state index contributed by atoms with van der Waals surface area (Å²) < 4.78 is 37.9. The van der Waals surface area contributed by atoms with Crippen LogP contribution in [0.4, 0.5) is 18.9 Å². The number of nitrogens with one attached hydrogen (secondary N) is 1. The van der Waals surface area contributed by atoms with Crippen molar-refractivity contribution in [2.45, 2.75) is 13.1 Å². The Kier molecular flexibility index (Phi) is 3.96. The molecule has 4 nitrogen and oxygen atoms in total. The lowest BCUT2D eigenvalue weighted by atomic mass is 10.1. The second-order valence-electron chi connectivity index (χ2n) is 3.84. The number of aryl methyl sites for hydroxylation is 1. The van der Waals surface area contributed by atoms with E-state index < -0.39 is 17.6 Å². The number of hydrogen-bond donors (Lipinski definition) is 1. The topological polar surface area (TPSA) is 54.9 Å². The van der Waals surface area contributed by atoms with Crippen LogP contribution in [-0.2, 0) is 6.18 Å². The van der Waals surface area contributed by atoms with E-state index in [0.717, 1.165) is 23.5 Å². The van der Waals surface area contributed by atoms with E-state index >= 15 is 0 Å². The fourth-order valence-electron chi connectivity index (χ4n) is 1.41. The van der Waals surface area contributed by atoms with Crippen molar-refractivity contribution >= 4 is 34.5 Å². The highest BCUT2D eigenvalue weighted by atomic mass is 35.5. The van der Waals surface area contributed by atoms with E-state index in [2.05, 4.69) is 15.5 Å². The Balaban J connectivity index is 2.27. The predicted octanol–water partition coefficient (Wildman–Crippen LogP) is 3.77. The van der Waals surface area contributed by atoms with Crippen LogP contribution in [0, 0.1) is 6.92 Å². The van der Waals surface area contributed by atoms with Gasteiger partial charge in [0, 0.05) is 5.69 Å². The molecule has 0 atom stereocenters. The van der Waals surface area contributed by atoms with E-state index in [9.17, 15) is 18.0 Å². The average Bonchev–Trinajstić information content (AvgIpc) is 2.77. The fraction of sp³-hybridized carbons (Fsp3) is 0.182. The van der Waals surface area contributed by atoms with Crippen molar-refractivity contribution < 1.29 is 18.0 Å². The maximum atomic E-state index is 12.6. The molecule has 1 amide bonds. The molecule has 1 heterocycles. The number of amides is 1. The van der Waals surface area contributed by atoms with Crippen LogP contribution in [0.25, 0.3) is 0 Å². The molecule has 0 aliphatic rings. The van der Waals surface area contributed by atoms with Gasteiger partial charge in [-0.05, 0) is 36.2 Å². The molecule has 0 bridgehead atoms. The summed E-state index contributed by atoms with van der Waals surface area (Å²) in [5.74, 6) is -0.656. The van der Waals surface area contributed by atoms with Gasteiger partial charge in [0.25, 0.3) is 5.91 Å². The maximum Gasteiger partial charge on any atom is 0.416 e. The Hall–Kier alpha value is -1.67. The molecule has 0 radical (unpaired) electrons. The monoisotopic (exact) mass is 321 g/mol. The summed E-state index contributed by atoms with van der Waals surface area (Å²) in [6.07, 6.45) is -4.47. The summed E-state index contributed by atoms with van der Waals surface area (Å²) in [7, 11) is 0. The summed E-state index contributed by atoms with van der Waals surface area (Å²) in [4.78, 5) is 11.8. The molecular weight excluding hydrogens is 315 g/mol. The van der Waals surface area contributed by atoms with Crippen LogP contribution in [0.2, 0.25) is 4.47 Å². The summed E-state index contributed by atoms with van der Waals surface area (Å²) >= 11 is 6.38. The molecule has 0 aliphatic carbocycles. The first kappa shape index (κ1) is 14.7. The van der Waals surface area contributed by atoms with Crippen LogP contribution in [-0.4, -0.2) is 16.1 Å². The van der Waals surface area contributed by atoms with Crippen LogP contribution in [0.5, 0.6) is 0 Å². The number of aromatic nitrogens is 2. The highest BCUT2D eigenvalue weighted by Crippen LogP contribution is 2.32. The Bertz CT molecular complexity index is 657. The third-order valence-corrected chi connectivity index (χ3v) is 3.43. The Labute approximate surface area is 120 Å². The number of anilines is 1. The summed E-state index contributed by atoms with van der Waals surface area (Å²) in [5, 5.41) is 9.31. The molecule has 0 unspecified atom stereocenters. The lowest BCUT2D eigenvalue weighted by molar-refractivity contribution is -0.137. The first-order chi connectivity index (χ1) is 9.27. The molecule has 1 N–H and O–H groups in total. The summed E-state index contributed by atoms with van der Waals surface area (Å²) in [5.41, 5.74) is -0.271. The van der Waals surface area contributed by atoms with E-state index in [4.69, 9.17) is 11.6 Å². The number of carbonyl (C=O) groups is 1. The van der Waals surface area contributed by atoms with Crippen molar-refractivity contribution in [2.75, 3.05) is 5.32 Å². The first-order valence-corrected chi connectivity index (χ1v) is 6.45. The van der Waals surface area contributed by atoms with Crippen LogP contribution < -0.4 is 5.32 Å². The van der Waals surface area contributed by atoms with Crippen LogP contribution in [0.3, 0.4) is 0 Å². The SMILES string of the molecule is Cc1ccc(C(F)(F)F)cc1NC(=O)c1nnc(Cl)s1. The second kappa shape index (κ2) is 5.37. The normalized spacial score (nSPS) is 11.4. The van der Waals surface area contributed by atoms with Gasteiger partial charge in [0.2, 0.25) is 9.47 Å². The van der Waals surface area contributed by atoms with E-state index in [1.807, 2.05) is 0 Å². The highest BCUT2D eigenvalue weighted by Gasteiger charge is 2.31. The third kappa shape index (κ3) is 3.26. The number of rotatable bonds is 2. The third-order valence-electron chi connectivity index (χ3n) is 2.41. The van der Waals surface area contributed by atoms with Crippen molar-refractivity contribution in [1.29, 1.82) is 0 Å². The van der Waals surface area contributed by atoms with Gasteiger partial charge >= 0.3 is 6.18 Å². The molecule has 0 saturated heterocycles. The quantitative estimate of drug-likeness (QED) is 0.916. The molecule has 106 valence electrons. The number of nitrogens with zero attached hydrogens (tertiary/aromatic N) is 2. The lowest BCUT2D eigenvalue weighted by Crippen LogP contribution is -2.14. The molecule has 0 fully saturated rings. The Morgan fingerprint density at radius 3 is 2.60 bits per heavy atom. The molecule has 2 rings (SSSR count). The largest absolute Gasteiger partial charge is 0.416 e. The van der Waals surface area contributed by atoms with Crippen LogP contribution in [0.1, 0.15) is 20.9 Å². The van der Waals surface area contributed by atoms with E-state index in [1.54, 1.807) is 6.92 Å². The second-order valence-corrected chi connectivity index (χ2v) is 5.40. The minimum atomic E-state index is -4.47. The van der Waals surface area contributed by atoms with Gasteiger partial charge in [-0.2, -0.15) is 13.2 Å². The Morgan fingerprint density at radius 1 is 1.35 bits per heavy atom. The molecule has 1 aromatic carbocycles. The van der Waals surface area contributed by atoms with Crippen molar-refractivity contribution in [1.82, 2.24) is 10.2 Å². The number of hydrogen-bond acceptors (Lipinski definition) is 4. The zero-order chi connectivity index (χ0) is 14.9. The van der Waals surface area contributed by atoms with E-state index in [1.165, 1.54) is 6.07 Å². The van der Waals surface area contributed by atoms with Crippen molar-refractivity contribution in [3.05, 3.63) is 38.8 Å². The number of alkyl halides is 3. The number of benzene rings is 1. The zero-order valence-corrected chi connectivity index (χ0v) is 11.5. The molecule has 0 spiro atoms. The van der Waals surface area contributed by atoms with Gasteiger partial charge in [0.15, 0.2) is 0 Å². The smallest absolute Gasteiger partial charge is 0.320 e. The fourth-order valence-corrected chi connectivity index (χ4v) is 2.13. The van der Waals surface area contributed by atoms with Gasteiger partial charge in [0.1, 0.15) is 0 Å². The van der Waals surface area contributed by atoms with Gasteiger partial charge in [0.05, 0.1) is 5.56 Å². The van der Waals surface area contributed by atoms with Gasteiger partial charge in [-0.15, -0.1) is 10.2 Å². The summed E-state index contributed by atoms with van der Waals surface area (Å²) in [6, 6.07) is 3.11. The molecule has 0 saturated carbocycles. The molecular formula is C11H7ClF3N3OS. The Morgan fingerprint density at radius 2 is 2.05 bits per heavy atom. The molecule has 2 aromatic rings. The van der Waals surface area contributed by atoms with E-state index in [0.29, 0.717) is 5.56 Å². The van der Waals surface area contributed by atoms with Gasteiger partial charge < -0.3 is 5.32 Å². The van der Waals surface area contributed by atoms with Crippen molar-refractivity contribution in [2.24, 2.45) is 0 Å². The molecule has 20 heavy (non-hydrogen) atoms. The minimum Gasteiger partial charge on any atom is -0.320 e. The van der Waals surface area contributed by atoms with Gasteiger partial charge in [-0.25, -0.2) is 0 Å². The highest BCUT2D eigenvalue weighted by molar-refractivity contribution is 7.17. The minimum absolute atomic E-state index is 0.0215. The molecule has 1 aromatic heterocycles. The molecule has 0 aliphatic heterocycles. The number of halogens is 4. The van der Waals surface area contributed by atoms with Crippen molar-refractivity contribution in [3.8, 4) is 0 Å². The first-order valence-electron chi connectivity index (χ1n) is 5.25. The summed E-state index contributed by atoms with van der Waals surface area (Å²) in [6.45, 7) is 1.59.